The summed E-state index contributed by atoms with van der Waals surface area (Å²) in [4.78, 5) is 20.7. The Balaban J connectivity index is 1.56. The number of benzene rings is 1. The second-order valence-corrected chi connectivity index (χ2v) is 9.13. The lowest BCUT2D eigenvalue weighted by molar-refractivity contribution is -0.141. The number of hydrogen-bond acceptors (Lipinski definition) is 6. The van der Waals surface area contributed by atoms with Crippen LogP contribution >= 0.6 is 11.8 Å². The smallest absolute Gasteiger partial charge is 0.339 e. The van der Waals surface area contributed by atoms with Crippen LogP contribution in [0.1, 0.15) is 5.69 Å². The molecule has 1 saturated heterocycles. The Labute approximate surface area is 174 Å². The van der Waals surface area contributed by atoms with Gasteiger partial charge in [0.25, 0.3) is 0 Å². The molecular weight excluding hydrogens is 448 g/mol. The summed E-state index contributed by atoms with van der Waals surface area (Å²) in [6, 6.07) is 5.40. The van der Waals surface area contributed by atoms with Gasteiger partial charge in [-0.1, -0.05) is 17.8 Å². The number of alkyl halides is 3. The Morgan fingerprint density at radius 3 is 2.47 bits per heavy atom. The largest absolute Gasteiger partial charge is 0.433 e. The fourth-order valence-electron chi connectivity index (χ4n) is 2.74. The van der Waals surface area contributed by atoms with E-state index in [1.165, 1.54) is 17.0 Å². The number of nitrogens with zero attached hydrogens (tertiary/aromatic N) is 4. The molecule has 0 saturated carbocycles. The average molecular weight is 464 g/mol. The normalized spacial score (nSPS) is 15.9. The molecule has 0 N–H and O–H groups in total. The monoisotopic (exact) mass is 464 g/mol. The van der Waals surface area contributed by atoms with Crippen LogP contribution in [0.3, 0.4) is 0 Å². The van der Waals surface area contributed by atoms with E-state index in [-0.39, 0.29) is 47.9 Å². The lowest BCUT2D eigenvalue weighted by Gasteiger charge is -2.34. The standard InChI is InChI=1S/C17H16F4N4O3S2/c18-12-2-1-3-13(10-12)30(27,28)25-8-6-24(7-9-25)15(26)11-29-16-22-5-4-14(23-16)17(19,20)21/h1-5,10H,6-9,11H2. The second kappa shape index (κ2) is 8.86. The molecule has 1 aromatic heterocycles. The summed E-state index contributed by atoms with van der Waals surface area (Å²) in [6.07, 6.45) is -3.63. The zero-order chi connectivity index (χ0) is 21.9. The number of sulfonamides is 1. The second-order valence-electron chi connectivity index (χ2n) is 6.25. The molecule has 0 atom stereocenters. The van der Waals surface area contributed by atoms with Gasteiger partial charge in [0.15, 0.2) is 5.16 Å². The van der Waals surface area contributed by atoms with Crippen LogP contribution in [0.5, 0.6) is 0 Å². The van der Waals surface area contributed by atoms with Gasteiger partial charge < -0.3 is 4.90 Å². The van der Waals surface area contributed by atoms with Crippen LogP contribution in [-0.4, -0.2) is 65.4 Å². The lowest BCUT2D eigenvalue weighted by atomic mass is 10.3. The SMILES string of the molecule is O=C(CSc1nccc(C(F)(F)F)n1)N1CCN(S(=O)(=O)c2cccc(F)c2)CC1. The maximum absolute atomic E-state index is 13.3. The van der Waals surface area contributed by atoms with Crippen molar-refractivity contribution in [1.82, 2.24) is 19.2 Å². The minimum Gasteiger partial charge on any atom is -0.339 e. The van der Waals surface area contributed by atoms with Crippen molar-refractivity contribution in [2.24, 2.45) is 0 Å². The maximum Gasteiger partial charge on any atom is 0.433 e. The van der Waals surface area contributed by atoms with E-state index in [0.29, 0.717) is 0 Å². The van der Waals surface area contributed by atoms with Gasteiger partial charge in [0, 0.05) is 32.4 Å². The molecule has 2 heterocycles. The van der Waals surface area contributed by atoms with Crippen molar-refractivity contribution in [3.05, 3.63) is 48.0 Å². The molecular formula is C17H16F4N4O3S2. The quantitative estimate of drug-likeness (QED) is 0.384. The molecule has 7 nitrogen and oxygen atoms in total. The minimum atomic E-state index is -4.61. The molecule has 3 rings (SSSR count). The topological polar surface area (TPSA) is 83.5 Å². The van der Waals surface area contributed by atoms with Gasteiger partial charge in [0.2, 0.25) is 15.9 Å². The van der Waals surface area contributed by atoms with Gasteiger partial charge >= 0.3 is 6.18 Å². The van der Waals surface area contributed by atoms with Crippen LogP contribution in [-0.2, 0) is 21.0 Å². The molecule has 13 heteroatoms. The summed E-state index contributed by atoms with van der Waals surface area (Å²) in [6.45, 7) is 0.263. The Bertz CT molecular complexity index is 1030. The van der Waals surface area contributed by atoms with Gasteiger partial charge in [-0.25, -0.2) is 22.8 Å². The molecule has 1 aromatic carbocycles. The Hall–Kier alpha value is -2.25. The van der Waals surface area contributed by atoms with Gasteiger partial charge in [-0.3, -0.25) is 4.79 Å². The molecule has 0 radical (unpaired) electrons. The van der Waals surface area contributed by atoms with Crippen LogP contribution in [0.4, 0.5) is 17.6 Å². The highest BCUT2D eigenvalue weighted by molar-refractivity contribution is 7.99. The number of piperazine rings is 1. The summed E-state index contributed by atoms with van der Waals surface area (Å²) in [5.74, 6) is -1.22. The predicted octanol–water partition coefficient (Wildman–Crippen LogP) is 2.26. The van der Waals surface area contributed by atoms with Gasteiger partial charge in [-0.15, -0.1) is 0 Å². The zero-order valence-electron chi connectivity index (χ0n) is 15.3. The molecule has 1 aliphatic heterocycles. The molecule has 2 aromatic rings. The van der Waals surface area contributed by atoms with E-state index in [1.54, 1.807) is 0 Å². The first-order chi connectivity index (χ1) is 14.1. The number of amides is 1. The molecule has 0 spiro atoms. The van der Waals surface area contributed by atoms with E-state index < -0.39 is 27.7 Å². The highest BCUT2D eigenvalue weighted by atomic mass is 32.2. The summed E-state index contributed by atoms with van der Waals surface area (Å²) >= 11 is 0.770. The Kier molecular flexibility index (Phi) is 6.62. The first-order valence-electron chi connectivity index (χ1n) is 8.64. The van der Waals surface area contributed by atoms with Gasteiger partial charge in [0.05, 0.1) is 10.6 Å². The third-order valence-electron chi connectivity index (χ3n) is 4.27. The van der Waals surface area contributed by atoms with Crippen molar-refractivity contribution in [1.29, 1.82) is 0 Å². The van der Waals surface area contributed by atoms with Crippen LogP contribution in [0.25, 0.3) is 0 Å². The number of carbonyl (C=O) groups excluding carboxylic acids is 1. The first kappa shape index (κ1) is 22.4. The molecule has 0 aliphatic carbocycles. The molecule has 0 unspecified atom stereocenters. The minimum absolute atomic E-state index is 0.0231. The highest BCUT2D eigenvalue weighted by Gasteiger charge is 2.33. The van der Waals surface area contributed by atoms with Gasteiger partial charge in [-0.2, -0.15) is 17.5 Å². The van der Waals surface area contributed by atoms with Crippen molar-refractivity contribution in [2.75, 3.05) is 31.9 Å². The Morgan fingerprint density at radius 1 is 1.13 bits per heavy atom. The molecule has 0 bridgehead atoms. The molecule has 1 aliphatic rings. The lowest BCUT2D eigenvalue weighted by Crippen LogP contribution is -2.51. The van der Waals surface area contributed by atoms with Gasteiger partial charge in [0.1, 0.15) is 11.5 Å². The van der Waals surface area contributed by atoms with Crippen LogP contribution in [0.15, 0.2) is 46.6 Å². The Morgan fingerprint density at radius 2 is 1.83 bits per heavy atom. The molecule has 162 valence electrons. The summed E-state index contributed by atoms with van der Waals surface area (Å²) in [5, 5.41) is -0.175. The number of rotatable bonds is 5. The van der Waals surface area contributed by atoms with Crippen molar-refractivity contribution < 1.29 is 30.8 Å². The van der Waals surface area contributed by atoms with E-state index in [9.17, 15) is 30.8 Å². The first-order valence-corrected chi connectivity index (χ1v) is 11.1. The van der Waals surface area contributed by atoms with E-state index in [0.717, 1.165) is 40.5 Å². The molecule has 30 heavy (non-hydrogen) atoms. The number of halogens is 4. The summed E-state index contributed by atoms with van der Waals surface area (Å²) in [5.41, 5.74) is -1.09. The molecule has 1 amide bonds. The summed E-state index contributed by atoms with van der Waals surface area (Å²) < 4.78 is 77.7. The third kappa shape index (κ3) is 5.26. The van der Waals surface area contributed by atoms with Crippen LogP contribution in [0, 0.1) is 5.82 Å². The van der Waals surface area contributed by atoms with Crippen molar-refractivity contribution in [2.45, 2.75) is 16.2 Å². The zero-order valence-corrected chi connectivity index (χ0v) is 17.0. The average Bonchev–Trinajstić information content (AvgIpc) is 2.71. The van der Waals surface area contributed by atoms with Crippen molar-refractivity contribution in [3.63, 3.8) is 0 Å². The number of aromatic nitrogens is 2. The van der Waals surface area contributed by atoms with Crippen molar-refractivity contribution >= 4 is 27.7 Å². The predicted molar refractivity (Wildman–Crippen MR) is 99.5 cm³/mol. The van der Waals surface area contributed by atoms with E-state index in [4.69, 9.17) is 0 Å². The van der Waals surface area contributed by atoms with E-state index in [2.05, 4.69) is 9.97 Å². The fraction of sp³-hybridized carbons (Fsp3) is 0.353. The van der Waals surface area contributed by atoms with E-state index in [1.807, 2.05) is 0 Å². The van der Waals surface area contributed by atoms with Gasteiger partial charge in [-0.05, 0) is 24.3 Å². The van der Waals surface area contributed by atoms with E-state index >= 15 is 0 Å². The van der Waals surface area contributed by atoms with Crippen LogP contribution < -0.4 is 0 Å². The number of carbonyl (C=O) groups is 1. The number of thioether (sulfide) groups is 1. The van der Waals surface area contributed by atoms with Crippen molar-refractivity contribution in [3.8, 4) is 0 Å². The maximum atomic E-state index is 13.3. The number of hydrogen-bond donors (Lipinski definition) is 0. The highest BCUT2D eigenvalue weighted by Crippen LogP contribution is 2.28. The molecule has 1 fully saturated rings. The summed E-state index contributed by atoms with van der Waals surface area (Å²) in [7, 11) is -3.88. The fourth-order valence-corrected chi connectivity index (χ4v) is 4.93. The third-order valence-corrected chi connectivity index (χ3v) is 7.01. The van der Waals surface area contributed by atoms with Crippen LogP contribution in [0.2, 0.25) is 0 Å².